The monoisotopic (exact) mass is 429 g/mol. The van der Waals surface area contributed by atoms with E-state index in [0.29, 0.717) is 6.04 Å². The topological polar surface area (TPSA) is 63.7 Å². The highest BCUT2D eigenvalue weighted by Crippen LogP contribution is 2.37. The van der Waals surface area contributed by atoms with E-state index in [9.17, 15) is 4.79 Å². The van der Waals surface area contributed by atoms with Crippen LogP contribution in [0.15, 0.2) is 29.3 Å². The first-order valence-electron chi connectivity index (χ1n) is 10.6. The number of amides is 1. The normalized spacial score (nSPS) is 20.6. The maximum atomic E-state index is 12.1. The molecule has 1 fully saturated rings. The summed E-state index contributed by atoms with van der Waals surface area (Å²) in [6, 6.07) is 6.81. The molecule has 0 radical (unpaired) electrons. The van der Waals surface area contributed by atoms with Gasteiger partial charge >= 0.3 is 6.09 Å². The minimum absolute atomic E-state index is 0.189. The minimum Gasteiger partial charge on any atom is -0.497 e. The number of pyridine rings is 1. The summed E-state index contributed by atoms with van der Waals surface area (Å²) in [5, 5.41) is 4.24. The third-order valence-corrected chi connectivity index (χ3v) is 7.00. The number of carbonyl (C=O) groups excluding carboxylic acids is 1. The number of piperidine rings is 1. The second kappa shape index (κ2) is 8.63. The number of benzene rings is 1. The number of thioether (sulfide) groups is 1. The number of aromatic nitrogens is 1. The number of rotatable bonds is 3. The lowest BCUT2D eigenvalue weighted by atomic mass is 9.97. The molecule has 0 saturated carbocycles. The van der Waals surface area contributed by atoms with Crippen LogP contribution in [-0.2, 0) is 11.2 Å². The fourth-order valence-electron chi connectivity index (χ4n) is 4.27. The Labute approximate surface area is 182 Å². The van der Waals surface area contributed by atoms with Gasteiger partial charge in [-0.15, -0.1) is 11.8 Å². The molecule has 2 aliphatic rings. The molecule has 7 heteroatoms. The Morgan fingerprint density at radius 3 is 2.73 bits per heavy atom. The number of alkyl carbamates (subject to hydrolysis) is 1. The lowest BCUT2D eigenvalue weighted by Crippen LogP contribution is -2.50. The third kappa shape index (κ3) is 4.83. The zero-order valence-corrected chi connectivity index (χ0v) is 19.1. The van der Waals surface area contributed by atoms with Crippen LogP contribution in [0.2, 0.25) is 0 Å². The first kappa shape index (κ1) is 21.2. The summed E-state index contributed by atoms with van der Waals surface area (Å²) in [7, 11) is 1.71. The summed E-state index contributed by atoms with van der Waals surface area (Å²) in [4.78, 5) is 20.6. The second-order valence-electron chi connectivity index (χ2n) is 9.11. The van der Waals surface area contributed by atoms with Crippen molar-refractivity contribution in [3.8, 4) is 5.75 Å². The molecule has 6 nitrogen and oxygen atoms in total. The van der Waals surface area contributed by atoms with E-state index in [0.717, 1.165) is 49.4 Å². The molecular weight excluding hydrogens is 398 g/mol. The highest BCUT2D eigenvalue weighted by atomic mass is 32.2. The fraction of sp³-hybridized carbons (Fsp3) is 0.565. The first-order valence-corrected chi connectivity index (χ1v) is 11.6. The summed E-state index contributed by atoms with van der Waals surface area (Å²) in [6.45, 7) is 7.66. The first-order chi connectivity index (χ1) is 14.3. The number of hydrogen-bond donors (Lipinski definition) is 1. The van der Waals surface area contributed by atoms with Crippen molar-refractivity contribution in [2.75, 3.05) is 26.0 Å². The van der Waals surface area contributed by atoms with Gasteiger partial charge in [-0.2, -0.15) is 0 Å². The summed E-state index contributed by atoms with van der Waals surface area (Å²) in [5.74, 6) is 1.95. The average molecular weight is 430 g/mol. The van der Waals surface area contributed by atoms with E-state index >= 15 is 0 Å². The van der Waals surface area contributed by atoms with E-state index in [1.165, 1.54) is 15.8 Å². The molecule has 0 aliphatic carbocycles. The Kier molecular flexibility index (Phi) is 6.11. The zero-order valence-electron chi connectivity index (χ0n) is 18.2. The zero-order chi connectivity index (χ0) is 21.3. The van der Waals surface area contributed by atoms with Crippen molar-refractivity contribution < 1.29 is 14.3 Å². The Hall–Kier alpha value is -1.99. The van der Waals surface area contributed by atoms with Gasteiger partial charge in [-0.1, -0.05) is 0 Å². The van der Waals surface area contributed by atoms with Crippen LogP contribution in [0.1, 0.15) is 39.2 Å². The van der Waals surface area contributed by atoms with Gasteiger partial charge in [0.05, 0.1) is 12.6 Å². The molecule has 0 spiro atoms. The van der Waals surface area contributed by atoms with Crippen LogP contribution >= 0.6 is 11.8 Å². The number of ether oxygens (including phenoxy) is 2. The number of carbonyl (C=O) groups is 1. The standard InChI is InChI=1S/C23H31N3O3S/c1-23(2,3)29-22(27)25-15-7-9-26(10-8-15)16-11-19-18-12-17(28-4)5-6-20(18)24-13-21(19)30-14-16/h5-6,12-13,15-16H,7-11,14H2,1-4H3,(H,25,27). The summed E-state index contributed by atoms with van der Waals surface area (Å²) < 4.78 is 10.8. The van der Waals surface area contributed by atoms with Crippen molar-refractivity contribution in [1.82, 2.24) is 15.2 Å². The number of methoxy groups -OCH3 is 1. The van der Waals surface area contributed by atoms with Crippen LogP contribution in [-0.4, -0.2) is 59.6 Å². The maximum absolute atomic E-state index is 12.1. The molecule has 1 aromatic heterocycles. The molecule has 1 amide bonds. The van der Waals surface area contributed by atoms with Crippen LogP contribution in [0.4, 0.5) is 4.79 Å². The van der Waals surface area contributed by atoms with Crippen molar-refractivity contribution in [3.63, 3.8) is 0 Å². The molecule has 1 saturated heterocycles. The number of nitrogens with zero attached hydrogens (tertiary/aromatic N) is 2. The predicted molar refractivity (Wildman–Crippen MR) is 120 cm³/mol. The van der Waals surface area contributed by atoms with Gasteiger partial charge in [0.2, 0.25) is 0 Å². The molecule has 2 aromatic rings. The van der Waals surface area contributed by atoms with Gasteiger partial charge in [-0.3, -0.25) is 9.88 Å². The van der Waals surface area contributed by atoms with E-state index in [2.05, 4.69) is 21.3 Å². The lowest BCUT2D eigenvalue weighted by molar-refractivity contribution is 0.0471. The second-order valence-corrected chi connectivity index (χ2v) is 10.2. The van der Waals surface area contributed by atoms with Crippen molar-refractivity contribution >= 4 is 28.8 Å². The Balaban J connectivity index is 1.40. The van der Waals surface area contributed by atoms with Crippen molar-refractivity contribution in [1.29, 1.82) is 0 Å². The smallest absolute Gasteiger partial charge is 0.407 e. The van der Waals surface area contributed by atoms with E-state index in [-0.39, 0.29) is 12.1 Å². The molecule has 0 bridgehead atoms. The number of nitrogens with one attached hydrogen (secondary N) is 1. The SMILES string of the molecule is COc1ccc2ncc3c(c2c1)CC(N1CCC(NC(=O)OC(C)(C)C)CC1)CS3. The van der Waals surface area contributed by atoms with Gasteiger partial charge in [-0.05, 0) is 63.8 Å². The largest absolute Gasteiger partial charge is 0.497 e. The molecule has 30 heavy (non-hydrogen) atoms. The summed E-state index contributed by atoms with van der Waals surface area (Å²) in [6.07, 6.45) is 4.65. The molecule has 162 valence electrons. The third-order valence-electron chi connectivity index (χ3n) is 5.78. The highest BCUT2D eigenvalue weighted by molar-refractivity contribution is 7.99. The van der Waals surface area contributed by atoms with Gasteiger partial charge in [0.25, 0.3) is 0 Å². The van der Waals surface area contributed by atoms with Crippen molar-refractivity contribution in [3.05, 3.63) is 30.0 Å². The quantitative estimate of drug-likeness (QED) is 0.787. The Morgan fingerprint density at radius 2 is 2.03 bits per heavy atom. The van der Waals surface area contributed by atoms with Crippen LogP contribution in [0, 0.1) is 0 Å². The van der Waals surface area contributed by atoms with Gasteiger partial charge in [0.15, 0.2) is 0 Å². The number of hydrogen-bond acceptors (Lipinski definition) is 6. The van der Waals surface area contributed by atoms with Crippen LogP contribution < -0.4 is 10.1 Å². The van der Waals surface area contributed by atoms with Gasteiger partial charge < -0.3 is 14.8 Å². The van der Waals surface area contributed by atoms with Gasteiger partial charge in [0, 0.05) is 47.4 Å². The predicted octanol–water partition coefficient (Wildman–Crippen LogP) is 4.25. The van der Waals surface area contributed by atoms with Crippen LogP contribution in [0.25, 0.3) is 10.9 Å². The van der Waals surface area contributed by atoms with E-state index in [1.807, 2.05) is 50.9 Å². The lowest BCUT2D eigenvalue weighted by Gasteiger charge is -2.39. The number of fused-ring (bicyclic) bond motifs is 3. The minimum atomic E-state index is -0.461. The molecule has 1 atom stereocenters. The van der Waals surface area contributed by atoms with E-state index in [4.69, 9.17) is 9.47 Å². The van der Waals surface area contributed by atoms with Crippen molar-refractivity contribution in [2.24, 2.45) is 0 Å². The van der Waals surface area contributed by atoms with Crippen LogP contribution in [0.5, 0.6) is 5.75 Å². The van der Waals surface area contributed by atoms with Gasteiger partial charge in [-0.25, -0.2) is 4.79 Å². The average Bonchev–Trinajstić information content (AvgIpc) is 2.72. The Bertz CT molecular complexity index is 915. The molecule has 3 heterocycles. The molecule has 2 aliphatic heterocycles. The fourth-order valence-corrected chi connectivity index (χ4v) is 5.46. The maximum Gasteiger partial charge on any atom is 0.407 e. The van der Waals surface area contributed by atoms with Crippen molar-refractivity contribution in [2.45, 2.75) is 62.6 Å². The summed E-state index contributed by atoms with van der Waals surface area (Å²) >= 11 is 1.90. The molecule has 4 rings (SSSR count). The molecule has 1 aromatic carbocycles. The van der Waals surface area contributed by atoms with Gasteiger partial charge in [0.1, 0.15) is 11.4 Å². The van der Waals surface area contributed by atoms with Crippen LogP contribution in [0.3, 0.4) is 0 Å². The number of likely N-dealkylation sites (tertiary alicyclic amines) is 1. The Morgan fingerprint density at radius 1 is 1.27 bits per heavy atom. The highest BCUT2D eigenvalue weighted by Gasteiger charge is 2.30. The summed E-state index contributed by atoms with van der Waals surface area (Å²) in [5.41, 5.74) is 1.95. The molecular formula is C23H31N3O3S. The van der Waals surface area contributed by atoms with E-state index in [1.54, 1.807) is 7.11 Å². The molecule has 1 unspecified atom stereocenters. The molecule has 1 N–H and O–H groups in total. The van der Waals surface area contributed by atoms with E-state index < -0.39 is 5.60 Å².